The molecule has 0 aliphatic carbocycles. The molecule has 0 saturated heterocycles. The van der Waals surface area contributed by atoms with E-state index in [0.29, 0.717) is 18.0 Å². The van der Waals surface area contributed by atoms with Crippen LogP contribution in [0.1, 0.15) is 6.92 Å². The molecular weight excluding hydrogens is 212 g/mol. The summed E-state index contributed by atoms with van der Waals surface area (Å²) < 4.78 is 5.57. The van der Waals surface area contributed by atoms with Gasteiger partial charge in [-0.1, -0.05) is 0 Å². The molecule has 1 aliphatic heterocycles. The van der Waals surface area contributed by atoms with Gasteiger partial charge in [0.15, 0.2) is 0 Å². The highest BCUT2D eigenvalue weighted by Gasteiger charge is 2.31. The summed E-state index contributed by atoms with van der Waals surface area (Å²) in [5, 5.41) is 22.7. The highest BCUT2D eigenvalue weighted by atomic mass is 16.6. The first-order valence-electron chi connectivity index (χ1n) is 4.86. The zero-order valence-corrected chi connectivity index (χ0v) is 8.77. The van der Waals surface area contributed by atoms with Gasteiger partial charge >= 0.3 is 0 Å². The molecule has 1 aliphatic rings. The third kappa shape index (κ3) is 1.79. The Balaban J connectivity index is 2.32. The van der Waals surface area contributed by atoms with E-state index >= 15 is 0 Å². The van der Waals surface area contributed by atoms with Crippen molar-refractivity contribution >= 4 is 11.4 Å². The quantitative estimate of drug-likeness (QED) is 0.581. The fourth-order valence-corrected chi connectivity index (χ4v) is 1.53. The first-order valence-corrected chi connectivity index (χ1v) is 4.86. The molecule has 16 heavy (non-hydrogen) atoms. The third-order valence-electron chi connectivity index (χ3n) is 2.52. The molecular formula is C10H12N2O4. The number of nitrogens with zero attached hydrogens (tertiary/aromatic N) is 1. The number of rotatable bonds is 2. The van der Waals surface area contributed by atoms with Gasteiger partial charge in [0.25, 0.3) is 5.69 Å². The molecule has 0 amide bonds. The van der Waals surface area contributed by atoms with Crippen molar-refractivity contribution in [1.29, 1.82) is 0 Å². The van der Waals surface area contributed by atoms with Crippen molar-refractivity contribution in [3.8, 4) is 5.75 Å². The van der Waals surface area contributed by atoms with Crippen molar-refractivity contribution in [1.82, 2.24) is 0 Å². The van der Waals surface area contributed by atoms with Crippen molar-refractivity contribution < 1.29 is 14.8 Å². The minimum atomic E-state index is -0.677. The average molecular weight is 224 g/mol. The Hall–Kier alpha value is -1.82. The molecule has 0 radical (unpaired) electrons. The first kappa shape index (κ1) is 10.7. The molecule has 1 aromatic carbocycles. The lowest BCUT2D eigenvalue weighted by Gasteiger charge is -2.34. The normalized spacial score (nSPS) is 22.9. The second-order valence-corrected chi connectivity index (χ2v) is 4.00. The number of ether oxygens (including phenoxy) is 1. The number of hydrogen-bond acceptors (Lipinski definition) is 5. The van der Waals surface area contributed by atoms with E-state index in [-0.39, 0.29) is 12.3 Å². The fourth-order valence-electron chi connectivity index (χ4n) is 1.53. The van der Waals surface area contributed by atoms with E-state index in [0.717, 1.165) is 0 Å². The minimum absolute atomic E-state index is 0.0162. The molecule has 86 valence electrons. The Morgan fingerprint density at radius 1 is 1.69 bits per heavy atom. The Morgan fingerprint density at radius 2 is 2.44 bits per heavy atom. The second kappa shape index (κ2) is 3.64. The minimum Gasteiger partial charge on any atom is -0.481 e. The summed E-state index contributed by atoms with van der Waals surface area (Å²) in [4.78, 5) is 10.1. The van der Waals surface area contributed by atoms with E-state index in [1.807, 2.05) is 0 Å². The summed E-state index contributed by atoms with van der Waals surface area (Å²) in [5.74, 6) is 0.522. The molecule has 2 rings (SSSR count). The van der Waals surface area contributed by atoms with Crippen LogP contribution < -0.4 is 10.1 Å². The van der Waals surface area contributed by atoms with Gasteiger partial charge in [0.1, 0.15) is 11.4 Å². The number of benzene rings is 1. The predicted octanol–water partition coefficient (Wildman–Crippen LogP) is 1.15. The van der Waals surface area contributed by atoms with Crippen LogP contribution in [-0.2, 0) is 0 Å². The molecule has 1 unspecified atom stereocenters. The van der Waals surface area contributed by atoms with Crippen molar-refractivity contribution in [2.75, 3.05) is 18.5 Å². The molecule has 0 fully saturated rings. The number of non-ortho nitro benzene ring substituents is 1. The Bertz CT molecular complexity index is 435. The van der Waals surface area contributed by atoms with Gasteiger partial charge in [-0.05, 0) is 13.0 Å². The van der Waals surface area contributed by atoms with Crippen molar-refractivity contribution in [2.45, 2.75) is 12.5 Å². The SMILES string of the molecule is CC1(CO)CNc2cc([N+](=O)[O-])ccc2O1. The van der Waals surface area contributed by atoms with Gasteiger partial charge in [0, 0.05) is 12.1 Å². The van der Waals surface area contributed by atoms with Gasteiger partial charge in [-0.2, -0.15) is 0 Å². The lowest BCUT2D eigenvalue weighted by molar-refractivity contribution is -0.384. The van der Waals surface area contributed by atoms with Crippen LogP contribution in [0.4, 0.5) is 11.4 Å². The van der Waals surface area contributed by atoms with Gasteiger partial charge < -0.3 is 15.2 Å². The van der Waals surface area contributed by atoms with Crippen LogP contribution in [0.15, 0.2) is 18.2 Å². The van der Waals surface area contributed by atoms with Crippen LogP contribution in [0.2, 0.25) is 0 Å². The predicted molar refractivity (Wildman–Crippen MR) is 57.7 cm³/mol. The molecule has 1 heterocycles. The molecule has 1 atom stereocenters. The highest BCUT2D eigenvalue weighted by Crippen LogP contribution is 2.35. The second-order valence-electron chi connectivity index (χ2n) is 4.00. The number of nitro benzene ring substituents is 1. The summed E-state index contributed by atoms with van der Waals surface area (Å²) >= 11 is 0. The number of fused-ring (bicyclic) bond motifs is 1. The van der Waals surface area contributed by atoms with Crippen molar-refractivity contribution in [2.24, 2.45) is 0 Å². The van der Waals surface area contributed by atoms with Crippen LogP contribution >= 0.6 is 0 Å². The van der Waals surface area contributed by atoms with E-state index in [1.165, 1.54) is 18.2 Å². The molecule has 0 saturated carbocycles. The number of aliphatic hydroxyl groups is 1. The van der Waals surface area contributed by atoms with Gasteiger partial charge in [-0.3, -0.25) is 10.1 Å². The molecule has 0 spiro atoms. The largest absolute Gasteiger partial charge is 0.481 e. The summed E-state index contributed by atoms with van der Waals surface area (Å²) in [7, 11) is 0. The van der Waals surface area contributed by atoms with E-state index < -0.39 is 10.5 Å². The average Bonchev–Trinajstić information content (AvgIpc) is 2.28. The summed E-state index contributed by atoms with van der Waals surface area (Å²) in [6.07, 6.45) is 0. The Morgan fingerprint density at radius 3 is 3.06 bits per heavy atom. The zero-order chi connectivity index (χ0) is 11.8. The molecule has 0 aromatic heterocycles. The van der Waals surface area contributed by atoms with E-state index in [1.54, 1.807) is 6.92 Å². The van der Waals surface area contributed by atoms with Crippen molar-refractivity contribution in [3.05, 3.63) is 28.3 Å². The van der Waals surface area contributed by atoms with E-state index in [2.05, 4.69) is 5.32 Å². The summed E-state index contributed by atoms with van der Waals surface area (Å²) in [6.45, 7) is 2.07. The number of aliphatic hydroxyl groups excluding tert-OH is 1. The van der Waals surface area contributed by atoms with Gasteiger partial charge in [-0.25, -0.2) is 0 Å². The Labute approximate surface area is 92.0 Å². The summed E-state index contributed by atoms with van der Waals surface area (Å²) in [5.41, 5.74) is -0.0778. The smallest absolute Gasteiger partial charge is 0.271 e. The van der Waals surface area contributed by atoms with Crippen LogP contribution in [0.5, 0.6) is 5.75 Å². The fraction of sp³-hybridized carbons (Fsp3) is 0.400. The summed E-state index contributed by atoms with van der Waals surface area (Å²) in [6, 6.07) is 4.34. The first-order chi connectivity index (χ1) is 7.54. The van der Waals surface area contributed by atoms with Crippen LogP contribution in [0.25, 0.3) is 0 Å². The maximum absolute atomic E-state index is 10.6. The highest BCUT2D eigenvalue weighted by molar-refractivity contribution is 5.63. The number of nitro groups is 1. The maximum Gasteiger partial charge on any atom is 0.271 e. The third-order valence-corrected chi connectivity index (χ3v) is 2.52. The van der Waals surface area contributed by atoms with Crippen LogP contribution in [0, 0.1) is 10.1 Å². The van der Waals surface area contributed by atoms with Crippen LogP contribution in [-0.4, -0.2) is 28.8 Å². The molecule has 2 N–H and O–H groups in total. The standard InChI is InChI=1S/C10H12N2O4/c1-10(6-13)5-11-8-4-7(12(14)15)2-3-9(8)16-10/h2-4,11,13H,5-6H2,1H3. The number of nitrogens with one attached hydrogen (secondary N) is 1. The molecule has 6 nitrogen and oxygen atoms in total. The number of hydrogen-bond donors (Lipinski definition) is 2. The van der Waals surface area contributed by atoms with E-state index in [4.69, 9.17) is 9.84 Å². The molecule has 1 aromatic rings. The van der Waals surface area contributed by atoms with E-state index in [9.17, 15) is 10.1 Å². The lowest BCUT2D eigenvalue weighted by Crippen LogP contribution is -2.46. The maximum atomic E-state index is 10.6. The van der Waals surface area contributed by atoms with Crippen molar-refractivity contribution in [3.63, 3.8) is 0 Å². The van der Waals surface area contributed by atoms with Gasteiger partial charge in [-0.15, -0.1) is 0 Å². The van der Waals surface area contributed by atoms with Crippen LogP contribution in [0.3, 0.4) is 0 Å². The number of anilines is 1. The monoisotopic (exact) mass is 224 g/mol. The molecule has 0 bridgehead atoms. The van der Waals surface area contributed by atoms with Gasteiger partial charge in [0.2, 0.25) is 0 Å². The molecule has 6 heteroatoms. The zero-order valence-electron chi connectivity index (χ0n) is 8.77. The lowest BCUT2D eigenvalue weighted by atomic mass is 10.1. The topological polar surface area (TPSA) is 84.6 Å². The van der Waals surface area contributed by atoms with Gasteiger partial charge in [0.05, 0.1) is 23.8 Å². The Kier molecular flexibility index (Phi) is 2.43.